The number of para-hydroxylation sites is 2. The number of nitrogens with zero attached hydrogens (tertiary/aromatic N) is 1. The van der Waals surface area contributed by atoms with E-state index in [1.54, 1.807) is 12.1 Å². The van der Waals surface area contributed by atoms with Crippen molar-refractivity contribution in [2.45, 2.75) is 6.92 Å². The summed E-state index contributed by atoms with van der Waals surface area (Å²) in [5.74, 6) is 0.894. The molecule has 0 aliphatic rings. The van der Waals surface area contributed by atoms with Gasteiger partial charge in [0.2, 0.25) is 0 Å². The van der Waals surface area contributed by atoms with Crippen LogP contribution < -0.4 is 0 Å². The Morgan fingerprint density at radius 2 is 2.50 bits per heavy atom. The second-order valence-electron chi connectivity index (χ2n) is 2.27. The van der Waals surface area contributed by atoms with Gasteiger partial charge in [0.1, 0.15) is 5.82 Å². The first kappa shape index (κ1) is 4.50. The molecule has 1 heterocycles. The van der Waals surface area contributed by atoms with Gasteiger partial charge < -0.3 is 4.98 Å². The Balaban J connectivity index is 2.82. The van der Waals surface area contributed by atoms with Crippen molar-refractivity contribution in [3.63, 3.8) is 0 Å². The second-order valence-corrected chi connectivity index (χ2v) is 2.27. The Bertz CT molecular complexity index is 392. The molecule has 50 valence electrons. The minimum atomic E-state index is 0.504. The van der Waals surface area contributed by atoms with Crippen molar-refractivity contribution in [1.82, 2.24) is 9.97 Å². The molecule has 0 aliphatic carbocycles. The molecule has 1 N–H and O–H groups in total. The lowest BCUT2D eigenvalue weighted by molar-refractivity contribution is 1.17. The predicted molar refractivity (Wildman–Crippen MR) is 40.8 cm³/mol. The van der Waals surface area contributed by atoms with Crippen LogP contribution in [0.2, 0.25) is 0 Å². The molecule has 0 radical (unpaired) electrons. The number of H-pyrrole nitrogens is 1. The number of aryl methyl sites for hydroxylation is 1. The third kappa shape index (κ3) is 0.692. The van der Waals surface area contributed by atoms with Crippen LogP contribution in [-0.2, 0) is 0 Å². The van der Waals surface area contributed by atoms with Crippen LogP contribution in [0, 0.1) is 6.92 Å². The maximum absolute atomic E-state index is 7.33. The topological polar surface area (TPSA) is 28.7 Å². The lowest BCUT2D eigenvalue weighted by atomic mass is 10.3. The lowest BCUT2D eigenvalue weighted by Crippen LogP contribution is -1.68. The van der Waals surface area contributed by atoms with E-state index in [2.05, 4.69) is 9.97 Å². The number of aromatic amines is 1. The molecule has 2 aromatic rings. The Labute approximate surface area is 60.3 Å². The zero-order chi connectivity index (χ0) is 7.84. The van der Waals surface area contributed by atoms with Gasteiger partial charge in [-0.05, 0) is 19.1 Å². The number of hydrogen-bond acceptors (Lipinski definition) is 1. The molecule has 0 bridgehead atoms. The molecule has 10 heavy (non-hydrogen) atoms. The first-order chi connectivity index (χ1) is 5.25. The molecule has 0 fully saturated rings. The highest BCUT2D eigenvalue weighted by Gasteiger charge is 1.93. The van der Waals surface area contributed by atoms with Crippen molar-refractivity contribution in [1.29, 1.82) is 0 Å². The van der Waals surface area contributed by atoms with Crippen LogP contribution in [0.4, 0.5) is 0 Å². The lowest BCUT2D eigenvalue weighted by Gasteiger charge is -1.81. The smallest absolute Gasteiger partial charge is 0.104 e. The van der Waals surface area contributed by atoms with E-state index in [-0.39, 0.29) is 0 Å². The van der Waals surface area contributed by atoms with Gasteiger partial charge in [-0.2, -0.15) is 0 Å². The van der Waals surface area contributed by atoms with E-state index >= 15 is 0 Å². The van der Waals surface area contributed by atoms with Crippen molar-refractivity contribution in [3.8, 4) is 0 Å². The number of rotatable bonds is 0. The number of fused-ring (bicyclic) bond motifs is 1. The molecular weight excluding hydrogens is 124 g/mol. The molecule has 0 amide bonds. The number of aromatic nitrogens is 2. The van der Waals surface area contributed by atoms with Gasteiger partial charge in [0, 0.05) is 0 Å². The Kier molecular flexibility index (Phi) is 0.826. The van der Waals surface area contributed by atoms with Gasteiger partial charge in [0.15, 0.2) is 0 Å². The summed E-state index contributed by atoms with van der Waals surface area (Å²) < 4.78 is 7.33. The summed E-state index contributed by atoms with van der Waals surface area (Å²) in [4.78, 5) is 7.29. The maximum Gasteiger partial charge on any atom is 0.104 e. The first-order valence-electron chi connectivity index (χ1n) is 3.69. The van der Waals surface area contributed by atoms with Crippen molar-refractivity contribution in [2.24, 2.45) is 0 Å². The summed E-state index contributed by atoms with van der Waals surface area (Å²) in [6.45, 7) is 1.91. The van der Waals surface area contributed by atoms with E-state index < -0.39 is 0 Å². The average molecular weight is 133 g/mol. The minimum Gasteiger partial charge on any atom is -0.342 e. The molecule has 2 rings (SSSR count). The molecule has 2 heteroatoms. The highest BCUT2D eigenvalue weighted by molar-refractivity contribution is 5.74. The molecule has 0 saturated carbocycles. The second kappa shape index (κ2) is 1.84. The summed E-state index contributed by atoms with van der Waals surface area (Å²) in [6, 6.07) is 5.88. The summed E-state index contributed by atoms with van der Waals surface area (Å²) in [5, 5.41) is 0. The molecule has 0 spiro atoms. The monoisotopic (exact) mass is 133 g/mol. The molecule has 0 saturated heterocycles. The molecule has 1 aromatic carbocycles. The third-order valence-electron chi connectivity index (χ3n) is 1.45. The fraction of sp³-hybridized carbons (Fsp3) is 0.125. The Morgan fingerprint density at radius 3 is 3.40 bits per heavy atom. The molecule has 0 unspecified atom stereocenters. The highest BCUT2D eigenvalue weighted by Crippen LogP contribution is 2.08. The quantitative estimate of drug-likeness (QED) is 0.584. The van der Waals surface area contributed by atoms with Gasteiger partial charge in [-0.1, -0.05) is 12.1 Å². The largest absolute Gasteiger partial charge is 0.342 e. The molecule has 0 atom stereocenters. The van der Waals surface area contributed by atoms with Crippen molar-refractivity contribution in [3.05, 3.63) is 30.1 Å². The SMILES string of the molecule is [2H]c1ccc2[nH]c(C)nc2c1. The Hall–Kier alpha value is -1.31. The molecule has 0 aliphatic heterocycles. The van der Waals surface area contributed by atoms with Crippen LogP contribution in [0.1, 0.15) is 7.20 Å². The van der Waals surface area contributed by atoms with E-state index in [0.717, 1.165) is 16.9 Å². The molecular formula is C8H8N2. The van der Waals surface area contributed by atoms with E-state index in [9.17, 15) is 0 Å². The van der Waals surface area contributed by atoms with Gasteiger partial charge in [-0.3, -0.25) is 0 Å². The van der Waals surface area contributed by atoms with Gasteiger partial charge in [-0.25, -0.2) is 4.98 Å². The van der Waals surface area contributed by atoms with Crippen LogP contribution in [0.15, 0.2) is 24.2 Å². The summed E-state index contributed by atoms with van der Waals surface area (Å²) in [5.41, 5.74) is 1.87. The highest BCUT2D eigenvalue weighted by atomic mass is 14.9. The van der Waals surface area contributed by atoms with Gasteiger partial charge >= 0.3 is 0 Å². The van der Waals surface area contributed by atoms with Gasteiger partial charge in [0.05, 0.1) is 12.4 Å². The van der Waals surface area contributed by atoms with Gasteiger partial charge in [0.25, 0.3) is 0 Å². The number of hydrogen-bond donors (Lipinski definition) is 1. The fourth-order valence-electron chi connectivity index (χ4n) is 1.02. The van der Waals surface area contributed by atoms with Crippen molar-refractivity contribution in [2.75, 3.05) is 0 Å². The van der Waals surface area contributed by atoms with Crippen LogP contribution in [0.25, 0.3) is 11.0 Å². The zero-order valence-electron chi connectivity index (χ0n) is 6.68. The van der Waals surface area contributed by atoms with Crippen LogP contribution in [0.5, 0.6) is 0 Å². The maximum atomic E-state index is 7.33. The van der Waals surface area contributed by atoms with E-state index in [0.29, 0.717) is 6.04 Å². The fourth-order valence-corrected chi connectivity index (χ4v) is 1.02. The minimum absolute atomic E-state index is 0.504. The van der Waals surface area contributed by atoms with E-state index in [1.165, 1.54) is 0 Å². The average Bonchev–Trinajstić information content (AvgIpc) is 2.27. The summed E-state index contributed by atoms with van der Waals surface area (Å²) >= 11 is 0. The van der Waals surface area contributed by atoms with Crippen LogP contribution in [0.3, 0.4) is 0 Å². The standard InChI is InChI=1S/C8H8N2/c1-6-9-7-4-2-3-5-8(7)10-6/h2-5H,1H3,(H,9,10)/i2D. The third-order valence-corrected chi connectivity index (χ3v) is 1.45. The van der Waals surface area contributed by atoms with E-state index in [4.69, 9.17) is 1.37 Å². The first-order valence-corrected chi connectivity index (χ1v) is 3.19. The number of imidazole rings is 1. The zero-order valence-corrected chi connectivity index (χ0v) is 5.68. The number of benzene rings is 1. The normalized spacial score (nSPS) is 11.9. The van der Waals surface area contributed by atoms with Crippen molar-refractivity contribution >= 4 is 11.0 Å². The molecule has 1 aromatic heterocycles. The summed E-state index contributed by atoms with van der Waals surface area (Å²) in [7, 11) is 0. The molecule has 2 nitrogen and oxygen atoms in total. The van der Waals surface area contributed by atoms with Crippen LogP contribution in [-0.4, -0.2) is 9.97 Å². The van der Waals surface area contributed by atoms with Crippen molar-refractivity contribution < 1.29 is 1.37 Å². The summed E-state index contributed by atoms with van der Waals surface area (Å²) in [6.07, 6.45) is 0. The Morgan fingerprint density at radius 1 is 1.60 bits per heavy atom. The number of nitrogens with one attached hydrogen (secondary N) is 1. The van der Waals surface area contributed by atoms with Crippen LogP contribution >= 0.6 is 0 Å². The van der Waals surface area contributed by atoms with Gasteiger partial charge in [-0.15, -0.1) is 0 Å². The predicted octanol–water partition coefficient (Wildman–Crippen LogP) is 1.87. The van der Waals surface area contributed by atoms with E-state index in [1.807, 2.05) is 13.0 Å².